The van der Waals surface area contributed by atoms with Crippen LogP contribution >= 0.6 is 12.4 Å². The fourth-order valence-electron chi connectivity index (χ4n) is 3.89. The van der Waals surface area contributed by atoms with Crippen molar-refractivity contribution in [3.05, 3.63) is 48.0 Å². The second-order valence-corrected chi connectivity index (χ2v) is 7.69. The van der Waals surface area contributed by atoms with E-state index in [0.717, 1.165) is 49.6 Å². The molecular weight excluding hydrogens is 390 g/mol. The van der Waals surface area contributed by atoms with Crippen LogP contribution in [-0.4, -0.2) is 64.6 Å². The van der Waals surface area contributed by atoms with Crippen molar-refractivity contribution in [3.63, 3.8) is 0 Å². The lowest BCUT2D eigenvalue weighted by Crippen LogP contribution is -2.51. The normalized spacial score (nSPS) is 19.4. The third kappa shape index (κ3) is 5.10. The van der Waals surface area contributed by atoms with Gasteiger partial charge in [-0.05, 0) is 30.5 Å². The smallest absolute Gasteiger partial charge is 0.237 e. The van der Waals surface area contributed by atoms with Crippen LogP contribution in [0.15, 0.2) is 36.7 Å². The van der Waals surface area contributed by atoms with Crippen molar-refractivity contribution in [2.24, 2.45) is 7.05 Å². The Balaban J connectivity index is 0.00000240. The highest BCUT2D eigenvalue weighted by Gasteiger charge is 2.35. The zero-order valence-corrected chi connectivity index (χ0v) is 17.9. The van der Waals surface area contributed by atoms with Crippen molar-refractivity contribution in [1.29, 1.82) is 0 Å². The summed E-state index contributed by atoms with van der Waals surface area (Å²) in [5, 5.41) is 3.44. The number of carbonyl (C=O) groups is 1. The molecule has 1 aromatic carbocycles. The Bertz CT molecular complexity index is 806. The first-order valence-corrected chi connectivity index (χ1v) is 10.00. The number of nitrogens with one attached hydrogen (secondary N) is 1. The number of piperazine rings is 1. The lowest BCUT2D eigenvalue weighted by molar-refractivity contribution is -0.134. The van der Waals surface area contributed by atoms with Gasteiger partial charge in [-0.2, -0.15) is 0 Å². The lowest BCUT2D eigenvalue weighted by atomic mass is 10.1. The summed E-state index contributed by atoms with van der Waals surface area (Å²) in [7, 11) is 3.68. The van der Waals surface area contributed by atoms with E-state index in [1.54, 1.807) is 7.11 Å². The Morgan fingerprint density at radius 2 is 2.07 bits per heavy atom. The molecule has 8 heteroatoms. The molecule has 0 bridgehead atoms. The number of amides is 1. The SMILES string of the molecule is COc1ccc(CN(C(=O)CN2CCNCC2c2nccn2C)C2CC2)cc1.Cl. The number of hydrogen-bond acceptors (Lipinski definition) is 5. The number of imidazole rings is 1. The number of aryl methyl sites for hydroxylation is 1. The van der Waals surface area contributed by atoms with Crippen molar-refractivity contribution < 1.29 is 9.53 Å². The van der Waals surface area contributed by atoms with Gasteiger partial charge in [-0.1, -0.05) is 12.1 Å². The van der Waals surface area contributed by atoms with E-state index >= 15 is 0 Å². The molecule has 0 radical (unpaired) electrons. The summed E-state index contributed by atoms with van der Waals surface area (Å²) >= 11 is 0. The minimum Gasteiger partial charge on any atom is -0.497 e. The first-order valence-electron chi connectivity index (χ1n) is 10.00. The highest BCUT2D eigenvalue weighted by molar-refractivity contribution is 5.85. The average molecular weight is 420 g/mol. The zero-order chi connectivity index (χ0) is 19.5. The van der Waals surface area contributed by atoms with Crippen LogP contribution in [0.25, 0.3) is 0 Å². The third-order valence-corrected chi connectivity index (χ3v) is 5.67. The van der Waals surface area contributed by atoms with E-state index in [4.69, 9.17) is 4.74 Å². The third-order valence-electron chi connectivity index (χ3n) is 5.67. The molecular formula is C21H30ClN5O2. The van der Waals surface area contributed by atoms with Gasteiger partial charge < -0.3 is 19.5 Å². The first-order chi connectivity index (χ1) is 13.7. The maximum Gasteiger partial charge on any atom is 0.237 e. The van der Waals surface area contributed by atoms with Gasteiger partial charge in [0.2, 0.25) is 5.91 Å². The molecule has 4 rings (SSSR count). The minimum absolute atomic E-state index is 0. The van der Waals surface area contributed by atoms with Gasteiger partial charge in [0, 0.05) is 51.7 Å². The molecule has 2 aliphatic rings. The topological polar surface area (TPSA) is 62.6 Å². The Kier molecular flexibility index (Phi) is 7.16. The van der Waals surface area contributed by atoms with Crippen LogP contribution in [0.2, 0.25) is 0 Å². The Labute approximate surface area is 178 Å². The molecule has 1 aliphatic carbocycles. The minimum atomic E-state index is 0. The molecule has 1 N–H and O–H groups in total. The summed E-state index contributed by atoms with van der Waals surface area (Å²) in [5.41, 5.74) is 1.14. The summed E-state index contributed by atoms with van der Waals surface area (Å²) < 4.78 is 7.28. The summed E-state index contributed by atoms with van der Waals surface area (Å²) in [6.07, 6.45) is 5.99. The van der Waals surface area contributed by atoms with E-state index in [9.17, 15) is 4.79 Å². The van der Waals surface area contributed by atoms with Crippen molar-refractivity contribution in [3.8, 4) is 5.75 Å². The van der Waals surface area contributed by atoms with Gasteiger partial charge in [0.25, 0.3) is 0 Å². The maximum absolute atomic E-state index is 13.2. The number of aromatic nitrogens is 2. The summed E-state index contributed by atoms with van der Waals surface area (Å²) in [6, 6.07) is 8.51. The first kappa shape index (κ1) is 21.6. The molecule has 2 heterocycles. The monoisotopic (exact) mass is 419 g/mol. The standard InChI is InChI=1S/C21H29N5O2.ClH/c1-24-11-10-23-21(24)19-13-22-9-12-25(19)15-20(27)26(17-5-6-17)14-16-3-7-18(28-2)8-4-16;/h3-4,7-8,10-11,17,19,22H,5-6,9,12-15H2,1-2H3;1H. The van der Waals surface area contributed by atoms with Crippen LogP contribution in [-0.2, 0) is 18.4 Å². The van der Waals surface area contributed by atoms with Crippen LogP contribution in [0.3, 0.4) is 0 Å². The van der Waals surface area contributed by atoms with Gasteiger partial charge in [-0.25, -0.2) is 4.98 Å². The second-order valence-electron chi connectivity index (χ2n) is 7.69. The van der Waals surface area contributed by atoms with Crippen molar-refractivity contribution in [2.75, 3.05) is 33.3 Å². The highest BCUT2D eigenvalue weighted by atomic mass is 35.5. The number of nitrogens with zero attached hydrogens (tertiary/aromatic N) is 4. The zero-order valence-electron chi connectivity index (χ0n) is 17.1. The molecule has 7 nitrogen and oxygen atoms in total. The predicted octanol–water partition coefficient (Wildman–Crippen LogP) is 1.99. The lowest BCUT2D eigenvalue weighted by Gasteiger charge is -2.36. The van der Waals surface area contributed by atoms with Crippen LogP contribution in [0, 0.1) is 0 Å². The van der Waals surface area contributed by atoms with Crippen LogP contribution in [0.1, 0.15) is 30.3 Å². The summed E-state index contributed by atoms with van der Waals surface area (Å²) in [5.74, 6) is 2.05. The largest absolute Gasteiger partial charge is 0.497 e. The average Bonchev–Trinajstić information content (AvgIpc) is 3.47. The number of carbonyl (C=O) groups excluding carboxylic acids is 1. The fourth-order valence-corrected chi connectivity index (χ4v) is 3.89. The number of halogens is 1. The molecule has 0 spiro atoms. The van der Waals surface area contributed by atoms with Gasteiger partial charge in [0.15, 0.2) is 0 Å². The van der Waals surface area contributed by atoms with Crippen molar-refractivity contribution in [1.82, 2.24) is 24.7 Å². The van der Waals surface area contributed by atoms with E-state index in [0.29, 0.717) is 19.1 Å². The highest BCUT2D eigenvalue weighted by Crippen LogP contribution is 2.30. The Morgan fingerprint density at radius 1 is 1.31 bits per heavy atom. The molecule has 2 fully saturated rings. The van der Waals surface area contributed by atoms with Gasteiger partial charge in [0.05, 0.1) is 19.7 Å². The molecule has 1 aromatic heterocycles. The van der Waals surface area contributed by atoms with Gasteiger partial charge in [-0.15, -0.1) is 12.4 Å². The Hall–Kier alpha value is -2.09. The van der Waals surface area contributed by atoms with Gasteiger partial charge in [0.1, 0.15) is 11.6 Å². The number of hydrogen-bond donors (Lipinski definition) is 1. The molecule has 2 aromatic rings. The van der Waals surface area contributed by atoms with E-state index in [-0.39, 0.29) is 24.4 Å². The van der Waals surface area contributed by atoms with Crippen LogP contribution < -0.4 is 10.1 Å². The molecule has 1 amide bonds. The molecule has 1 unspecified atom stereocenters. The molecule has 1 aliphatic heterocycles. The molecule has 29 heavy (non-hydrogen) atoms. The van der Waals surface area contributed by atoms with Crippen molar-refractivity contribution >= 4 is 18.3 Å². The van der Waals surface area contributed by atoms with Crippen LogP contribution in [0.5, 0.6) is 5.75 Å². The van der Waals surface area contributed by atoms with E-state index in [1.807, 2.05) is 48.3 Å². The van der Waals surface area contributed by atoms with Gasteiger partial charge in [-0.3, -0.25) is 9.69 Å². The number of benzene rings is 1. The fraction of sp³-hybridized carbons (Fsp3) is 0.524. The maximum atomic E-state index is 13.2. The molecule has 158 valence electrons. The second kappa shape index (κ2) is 9.61. The molecule has 1 atom stereocenters. The quantitative estimate of drug-likeness (QED) is 0.743. The summed E-state index contributed by atoms with van der Waals surface area (Å²) in [6.45, 7) is 3.67. The van der Waals surface area contributed by atoms with E-state index in [2.05, 4.69) is 20.1 Å². The summed E-state index contributed by atoms with van der Waals surface area (Å²) in [4.78, 5) is 22.1. The molecule has 1 saturated carbocycles. The van der Waals surface area contributed by atoms with E-state index < -0.39 is 0 Å². The van der Waals surface area contributed by atoms with E-state index in [1.165, 1.54) is 0 Å². The number of methoxy groups -OCH3 is 1. The predicted molar refractivity (Wildman–Crippen MR) is 114 cm³/mol. The van der Waals surface area contributed by atoms with Gasteiger partial charge >= 0.3 is 0 Å². The van der Waals surface area contributed by atoms with Crippen molar-refractivity contribution in [2.45, 2.75) is 31.5 Å². The number of rotatable bonds is 7. The number of ether oxygens (including phenoxy) is 1. The Morgan fingerprint density at radius 3 is 2.69 bits per heavy atom. The van der Waals surface area contributed by atoms with Crippen LogP contribution in [0.4, 0.5) is 0 Å². The molecule has 1 saturated heterocycles.